The summed E-state index contributed by atoms with van der Waals surface area (Å²) in [5.41, 5.74) is 0.954. The van der Waals surface area contributed by atoms with E-state index in [0.717, 1.165) is 18.5 Å². The van der Waals surface area contributed by atoms with E-state index in [1.807, 2.05) is 0 Å². The number of hydrogen-bond donors (Lipinski definition) is 2. The fraction of sp³-hybridized carbons (Fsp3) is 0.600. The second-order valence-electron chi connectivity index (χ2n) is 5.33. The number of ether oxygens (including phenoxy) is 1. The van der Waals surface area contributed by atoms with Crippen LogP contribution in [0.5, 0.6) is 17.2 Å². The topological polar surface area (TPSA) is 52.9 Å². The van der Waals surface area contributed by atoms with Crippen LogP contribution in [0.3, 0.4) is 0 Å². The lowest BCUT2D eigenvalue weighted by atomic mass is 9.96. The first kappa shape index (κ1) is 14.0. The molecule has 0 spiro atoms. The molecular weight excluding hydrogens is 242 g/mol. The van der Waals surface area contributed by atoms with Crippen LogP contribution in [-0.2, 0) is 0 Å². The summed E-state index contributed by atoms with van der Waals surface area (Å²) < 4.78 is 4.94. The zero-order valence-electron chi connectivity index (χ0n) is 11.7. The molecule has 1 unspecified atom stereocenters. The molecule has 0 radical (unpaired) electrons. The number of methoxy groups -OCH3 is 1. The molecule has 1 fully saturated rings. The minimum Gasteiger partial charge on any atom is -0.504 e. The Balaban J connectivity index is 2.00. The number of hydrogen-bond acceptors (Lipinski definition) is 4. The van der Waals surface area contributed by atoms with Crippen molar-refractivity contribution >= 4 is 0 Å². The number of phenolic OH excluding ortho intramolecular Hbond substituents is 2. The molecule has 0 saturated carbocycles. The number of benzene rings is 1. The lowest BCUT2D eigenvalue weighted by molar-refractivity contribution is 0.323. The van der Waals surface area contributed by atoms with E-state index in [1.165, 1.54) is 33.0 Å². The predicted molar refractivity (Wildman–Crippen MR) is 75.0 cm³/mol. The Morgan fingerprint density at radius 1 is 1.21 bits per heavy atom. The molecule has 2 N–H and O–H groups in total. The quantitative estimate of drug-likeness (QED) is 0.859. The van der Waals surface area contributed by atoms with Gasteiger partial charge in [-0.2, -0.15) is 0 Å². The van der Waals surface area contributed by atoms with Crippen molar-refractivity contribution in [1.82, 2.24) is 4.90 Å². The average molecular weight is 265 g/mol. The minimum absolute atomic E-state index is 0.00511. The van der Waals surface area contributed by atoms with E-state index in [1.54, 1.807) is 12.1 Å². The first-order chi connectivity index (χ1) is 9.11. The van der Waals surface area contributed by atoms with E-state index in [-0.39, 0.29) is 17.2 Å². The maximum absolute atomic E-state index is 9.81. The van der Waals surface area contributed by atoms with Crippen molar-refractivity contribution in [1.29, 1.82) is 0 Å². The fourth-order valence-electron chi connectivity index (χ4n) is 2.66. The lowest BCUT2D eigenvalue weighted by Crippen LogP contribution is -2.21. The fourth-order valence-corrected chi connectivity index (χ4v) is 2.66. The molecule has 2 rings (SSSR count). The van der Waals surface area contributed by atoms with Crippen LogP contribution in [0.4, 0.5) is 0 Å². The zero-order valence-corrected chi connectivity index (χ0v) is 11.7. The summed E-state index contributed by atoms with van der Waals surface area (Å²) in [5, 5.41) is 19.6. The third-order valence-corrected chi connectivity index (χ3v) is 3.92. The molecule has 1 aliphatic rings. The Hall–Kier alpha value is -1.42. The summed E-state index contributed by atoms with van der Waals surface area (Å²) in [7, 11) is 1.44. The Labute approximate surface area is 114 Å². The molecule has 1 aromatic carbocycles. The van der Waals surface area contributed by atoms with Gasteiger partial charge in [0.25, 0.3) is 0 Å². The number of rotatable bonds is 5. The maximum atomic E-state index is 9.81. The molecule has 1 aliphatic heterocycles. The molecule has 1 heterocycles. The molecule has 106 valence electrons. The van der Waals surface area contributed by atoms with E-state index in [0.29, 0.717) is 5.92 Å². The number of aromatic hydroxyl groups is 2. The summed E-state index contributed by atoms with van der Waals surface area (Å²) >= 11 is 0. The highest BCUT2D eigenvalue weighted by atomic mass is 16.5. The third-order valence-electron chi connectivity index (χ3n) is 3.92. The van der Waals surface area contributed by atoms with Crippen molar-refractivity contribution in [3.8, 4) is 17.2 Å². The van der Waals surface area contributed by atoms with Gasteiger partial charge in [-0.1, -0.05) is 6.92 Å². The van der Waals surface area contributed by atoms with Crippen molar-refractivity contribution in [2.24, 2.45) is 0 Å². The molecule has 0 amide bonds. The first-order valence-corrected chi connectivity index (χ1v) is 6.94. The standard InChI is InChI=1S/C15H23NO3/c1-11(5-8-16-6-3-4-7-16)12-9-13(17)15(19-2)14(18)10-12/h9-11,17-18H,3-8H2,1-2H3. The van der Waals surface area contributed by atoms with Gasteiger partial charge >= 0.3 is 0 Å². The van der Waals surface area contributed by atoms with E-state index in [4.69, 9.17) is 4.74 Å². The Morgan fingerprint density at radius 3 is 2.32 bits per heavy atom. The Morgan fingerprint density at radius 2 is 1.79 bits per heavy atom. The average Bonchev–Trinajstić information content (AvgIpc) is 2.88. The molecule has 19 heavy (non-hydrogen) atoms. The summed E-state index contributed by atoms with van der Waals surface area (Å²) in [6.07, 6.45) is 3.64. The van der Waals surface area contributed by atoms with Gasteiger partial charge in [-0.15, -0.1) is 0 Å². The van der Waals surface area contributed by atoms with E-state index >= 15 is 0 Å². The Bertz CT molecular complexity index is 404. The highest BCUT2D eigenvalue weighted by Gasteiger charge is 2.16. The van der Waals surface area contributed by atoms with Gasteiger partial charge in [-0.05, 0) is 62.5 Å². The van der Waals surface area contributed by atoms with Crippen LogP contribution < -0.4 is 4.74 Å². The van der Waals surface area contributed by atoms with Crippen LogP contribution in [0.1, 0.15) is 37.7 Å². The van der Waals surface area contributed by atoms with Crippen molar-refractivity contribution in [2.75, 3.05) is 26.7 Å². The van der Waals surface area contributed by atoms with Gasteiger partial charge in [0, 0.05) is 0 Å². The van der Waals surface area contributed by atoms with Gasteiger partial charge in [-0.3, -0.25) is 0 Å². The molecule has 4 heteroatoms. The number of nitrogens with zero attached hydrogens (tertiary/aromatic N) is 1. The summed E-state index contributed by atoms with van der Waals surface area (Å²) in [6.45, 7) is 5.60. The highest BCUT2D eigenvalue weighted by molar-refractivity contribution is 5.52. The van der Waals surface area contributed by atoms with Crippen molar-refractivity contribution in [2.45, 2.75) is 32.1 Å². The van der Waals surface area contributed by atoms with Crippen LogP contribution in [-0.4, -0.2) is 41.9 Å². The first-order valence-electron chi connectivity index (χ1n) is 6.94. The monoisotopic (exact) mass is 265 g/mol. The van der Waals surface area contributed by atoms with E-state index in [2.05, 4.69) is 11.8 Å². The maximum Gasteiger partial charge on any atom is 0.202 e. The van der Waals surface area contributed by atoms with Gasteiger partial charge < -0.3 is 19.8 Å². The molecule has 0 aliphatic carbocycles. The van der Waals surface area contributed by atoms with Gasteiger partial charge in [0.1, 0.15) is 0 Å². The normalized spacial score (nSPS) is 17.6. The van der Waals surface area contributed by atoms with Gasteiger partial charge in [0.15, 0.2) is 11.5 Å². The van der Waals surface area contributed by atoms with Crippen molar-refractivity contribution < 1.29 is 14.9 Å². The minimum atomic E-state index is 0.00511. The summed E-state index contributed by atoms with van der Waals surface area (Å²) in [5.74, 6) is 0.467. The number of likely N-dealkylation sites (tertiary alicyclic amines) is 1. The van der Waals surface area contributed by atoms with Gasteiger partial charge in [0.05, 0.1) is 7.11 Å². The largest absolute Gasteiger partial charge is 0.504 e. The van der Waals surface area contributed by atoms with E-state index in [9.17, 15) is 10.2 Å². The summed E-state index contributed by atoms with van der Waals surface area (Å²) in [6, 6.07) is 3.38. The van der Waals surface area contributed by atoms with Gasteiger partial charge in [-0.25, -0.2) is 0 Å². The van der Waals surface area contributed by atoms with Crippen LogP contribution >= 0.6 is 0 Å². The second kappa shape index (κ2) is 6.15. The predicted octanol–water partition coefficient (Wildman–Crippen LogP) is 2.70. The summed E-state index contributed by atoms with van der Waals surface area (Å²) in [4.78, 5) is 2.47. The van der Waals surface area contributed by atoms with Gasteiger partial charge in [0.2, 0.25) is 5.75 Å². The molecule has 1 atom stereocenters. The second-order valence-corrected chi connectivity index (χ2v) is 5.33. The molecule has 4 nitrogen and oxygen atoms in total. The van der Waals surface area contributed by atoms with Crippen molar-refractivity contribution in [3.63, 3.8) is 0 Å². The third kappa shape index (κ3) is 3.32. The molecular formula is C15H23NO3. The van der Waals surface area contributed by atoms with Crippen LogP contribution in [0.15, 0.2) is 12.1 Å². The molecule has 1 aromatic rings. The zero-order chi connectivity index (χ0) is 13.8. The lowest BCUT2D eigenvalue weighted by Gasteiger charge is -2.19. The number of phenols is 2. The molecule has 1 saturated heterocycles. The van der Waals surface area contributed by atoms with Crippen LogP contribution in [0, 0.1) is 0 Å². The molecule has 0 bridgehead atoms. The molecule has 0 aromatic heterocycles. The Kier molecular flexibility index (Phi) is 4.53. The highest BCUT2D eigenvalue weighted by Crippen LogP contribution is 2.39. The van der Waals surface area contributed by atoms with Crippen LogP contribution in [0.2, 0.25) is 0 Å². The van der Waals surface area contributed by atoms with Crippen LogP contribution in [0.25, 0.3) is 0 Å². The van der Waals surface area contributed by atoms with E-state index < -0.39 is 0 Å². The SMILES string of the molecule is COc1c(O)cc(C(C)CCN2CCCC2)cc1O. The smallest absolute Gasteiger partial charge is 0.202 e. The van der Waals surface area contributed by atoms with Crippen molar-refractivity contribution in [3.05, 3.63) is 17.7 Å².